The molecule has 2 nitrogen and oxygen atoms in total. The lowest BCUT2D eigenvalue weighted by Gasteiger charge is -2.49. The molecule has 7 aromatic carbocycles. The fourth-order valence-corrected chi connectivity index (χ4v) is 14.7. The van der Waals surface area contributed by atoms with Crippen LogP contribution in [0.1, 0.15) is 176 Å². The van der Waals surface area contributed by atoms with Crippen LogP contribution in [-0.2, 0) is 33.5 Å². The van der Waals surface area contributed by atoms with Gasteiger partial charge in [-0.05, 0) is 231 Å². The predicted molar refractivity (Wildman–Crippen MR) is 311 cm³/mol. The molecule has 366 valence electrons. The molecule has 72 heavy (non-hydrogen) atoms. The minimum Gasteiger partial charge on any atom is -0.376 e. The molecule has 0 saturated carbocycles. The van der Waals surface area contributed by atoms with Crippen molar-refractivity contribution in [2.45, 2.75) is 176 Å². The Morgan fingerprint density at radius 3 is 1.68 bits per heavy atom. The highest BCUT2D eigenvalue weighted by atomic mass is 15.2. The van der Waals surface area contributed by atoms with Crippen LogP contribution in [0.2, 0.25) is 0 Å². The molecule has 3 heteroatoms. The summed E-state index contributed by atoms with van der Waals surface area (Å²) in [5.74, 6) is 0. The van der Waals surface area contributed by atoms with E-state index >= 15 is 0 Å². The number of hydrogen-bond acceptors (Lipinski definition) is 2. The van der Waals surface area contributed by atoms with Gasteiger partial charge < -0.3 is 9.71 Å². The monoisotopic (exact) mass is 945 g/mol. The summed E-state index contributed by atoms with van der Waals surface area (Å²) in [4.78, 5) is 5.56. The zero-order chi connectivity index (χ0) is 50.8. The standard InChI is InChI=1S/C69H77BN2/c1-16-17-20-45-23-25-47(26-24-45)72-60-40-57-55(66(8,9)28-30-68(57,12)13)36-50(60)51-34-46(63-43(4)31-41(2)32-44(63)5)35-62-64(51)70(72)58-38-53-49(48-21-18-19-22-52(48)69(53,14)15)37-61(58)71(62)59-39-56-54(33-42(59)3)65(6,7)27-29-67(56,10)11/h18-19,21-26,31-40H,16-17,20,27-30H2,1-15H3. The van der Waals surface area contributed by atoms with Crippen LogP contribution in [0.5, 0.6) is 0 Å². The van der Waals surface area contributed by atoms with Gasteiger partial charge >= 0.3 is 6.85 Å². The molecule has 0 atom stereocenters. The second kappa shape index (κ2) is 15.9. The van der Waals surface area contributed by atoms with Crippen LogP contribution in [0, 0.1) is 27.7 Å². The summed E-state index contributed by atoms with van der Waals surface area (Å²) < 4.78 is 0. The SMILES string of the molecule is CCCCc1ccc(N2B3c4cc5c(cc4N(c4cc6c(cc4C)C(C)(C)CCC6(C)C)c4cc(-c6c(C)cc(C)cc6C)cc(c43)-c3cc4c(cc32)C(C)(C)CCC4(C)C)-c2ccccc2C5(C)C)cc1. The van der Waals surface area contributed by atoms with E-state index in [1.165, 1.54) is 172 Å². The van der Waals surface area contributed by atoms with Crippen molar-refractivity contribution in [2.24, 2.45) is 0 Å². The number of benzene rings is 7. The van der Waals surface area contributed by atoms with E-state index in [9.17, 15) is 0 Å². The summed E-state index contributed by atoms with van der Waals surface area (Å²) in [5.41, 5.74) is 33.1. The lowest BCUT2D eigenvalue weighted by molar-refractivity contribution is 0.332. The highest BCUT2D eigenvalue weighted by molar-refractivity contribution is 6.93. The van der Waals surface area contributed by atoms with Gasteiger partial charge in [-0.25, -0.2) is 0 Å². The molecule has 0 saturated heterocycles. The third kappa shape index (κ3) is 6.87. The van der Waals surface area contributed by atoms with E-state index in [1.807, 2.05) is 0 Å². The molecule has 0 fully saturated rings. The first-order valence-corrected chi connectivity index (χ1v) is 27.6. The first-order chi connectivity index (χ1) is 34.0. The van der Waals surface area contributed by atoms with Gasteiger partial charge in [-0.3, -0.25) is 0 Å². The Kier molecular flexibility index (Phi) is 10.4. The Bertz CT molecular complexity index is 3410. The Morgan fingerprint density at radius 1 is 0.472 bits per heavy atom. The first kappa shape index (κ1) is 47.2. The molecule has 3 aliphatic carbocycles. The zero-order valence-electron chi connectivity index (χ0n) is 46.3. The Morgan fingerprint density at radius 2 is 1.06 bits per heavy atom. The Labute approximate surface area is 433 Å². The Balaban J connectivity index is 1.26. The number of unbranched alkanes of at least 4 members (excludes halogenated alkanes) is 1. The first-order valence-electron chi connectivity index (χ1n) is 27.6. The second-order valence-electron chi connectivity index (χ2n) is 26.4. The summed E-state index contributed by atoms with van der Waals surface area (Å²) in [6.07, 6.45) is 8.21. The third-order valence-corrected chi connectivity index (χ3v) is 19.1. The van der Waals surface area contributed by atoms with Gasteiger partial charge in [0.2, 0.25) is 0 Å². The number of nitrogens with zero attached hydrogens (tertiary/aromatic N) is 2. The highest BCUT2D eigenvalue weighted by Crippen LogP contribution is 2.57. The van der Waals surface area contributed by atoms with Crippen molar-refractivity contribution in [2.75, 3.05) is 9.71 Å². The molecule has 7 aromatic rings. The average Bonchev–Trinajstić information content (AvgIpc) is 3.55. The van der Waals surface area contributed by atoms with Gasteiger partial charge in [0.25, 0.3) is 0 Å². The summed E-state index contributed by atoms with van der Waals surface area (Å²) in [6, 6.07) is 44.9. The quantitative estimate of drug-likeness (QED) is 0.153. The van der Waals surface area contributed by atoms with Gasteiger partial charge in [-0.15, -0.1) is 0 Å². The summed E-state index contributed by atoms with van der Waals surface area (Å²) in [6.45, 7) is 36.3. The molecule has 0 radical (unpaired) electrons. The van der Waals surface area contributed by atoms with Crippen LogP contribution >= 0.6 is 0 Å². The van der Waals surface area contributed by atoms with E-state index < -0.39 is 0 Å². The van der Waals surface area contributed by atoms with E-state index in [2.05, 4.69) is 223 Å². The largest absolute Gasteiger partial charge is 0.376 e. The highest BCUT2D eigenvalue weighted by Gasteiger charge is 2.50. The van der Waals surface area contributed by atoms with Gasteiger partial charge in [0.1, 0.15) is 0 Å². The number of anilines is 5. The van der Waals surface area contributed by atoms with Crippen molar-refractivity contribution in [1.82, 2.24) is 0 Å². The normalized spacial score (nSPS) is 18.6. The topological polar surface area (TPSA) is 6.48 Å². The molecule has 2 aliphatic heterocycles. The van der Waals surface area contributed by atoms with E-state index in [-0.39, 0.29) is 33.9 Å². The average molecular weight is 945 g/mol. The number of fused-ring (bicyclic) bond motifs is 9. The molecule has 0 bridgehead atoms. The molecule has 0 unspecified atom stereocenters. The van der Waals surface area contributed by atoms with Crippen molar-refractivity contribution in [1.29, 1.82) is 0 Å². The fourth-order valence-electron chi connectivity index (χ4n) is 14.7. The van der Waals surface area contributed by atoms with Crippen molar-refractivity contribution >= 4 is 46.2 Å². The van der Waals surface area contributed by atoms with Gasteiger partial charge in [0.15, 0.2) is 0 Å². The summed E-state index contributed by atoms with van der Waals surface area (Å²) in [5, 5.41) is 0. The number of rotatable bonds is 6. The Hall–Kier alpha value is -5.80. The minimum atomic E-state index is -0.163. The van der Waals surface area contributed by atoms with Crippen LogP contribution in [0.3, 0.4) is 0 Å². The van der Waals surface area contributed by atoms with E-state index in [4.69, 9.17) is 0 Å². The maximum atomic E-state index is 2.80. The van der Waals surface area contributed by atoms with Crippen molar-refractivity contribution < 1.29 is 0 Å². The molecular formula is C69H77BN2. The smallest absolute Gasteiger partial charge is 0.333 e. The van der Waals surface area contributed by atoms with Crippen LogP contribution in [0.15, 0.2) is 109 Å². The molecule has 5 aliphatic rings. The van der Waals surface area contributed by atoms with Crippen molar-refractivity contribution in [3.8, 4) is 33.4 Å². The summed E-state index contributed by atoms with van der Waals surface area (Å²) in [7, 11) is 0. The lowest BCUT2D eigenvalue weighted by Crippen LogP contribution is -2.62. The predicted octanol–water partition coefficient (Wildman–Crippen LogP) is 17.6. The van der Waals surface area contributed by atoms with Gasteiger partial charge in [0, 0.05) is 39.4 Å². The molecule has 0 N–H and O–H groups in total. The van der Waals surface area contributed by atoms with E-state index in [0.29, 0.717) is 0 Å². The minimum absolute atomic E-state index is 0.0448. The fraction of sp³-hybridized carbons (Fsp3) is 0.391. The molecular weight excluding hydrogens is 868 g/mol. The van der Waals surface area contributed by atoms with Crippen molar-refractivity contribution in [3.63, 3.8) is 0 Å². The third-order valence-electron chi connectivity index (χ3n) is 19.1. The van der Waals surface area contributed by atoms with Crippen LogP contribution in [0.25, 0.3) is 33.4 Å². The molecule has 0 aromatic heterocycles. The van der Waals surface area contributed by atoms with Crippen LogP contribution in [-0.4, -0.2) is 6.85 Å². The van der Waals surface area contributed by atoms with E-state index in [1.54, 1.807) is 0 Å². The molecule has 12 rings (SSSR count). The molecule has 0 amide bonds. The molecule has 0 spiro atoms. The second-order valence-corrected chi connectivity index (χ2v) is 26.4. The maximum Gasteiger partial charge on any atom is 0.333 e. The van der Waals surface area contributed by atoms with Crippen LogP contribution in [0.4, 0.5) is 28.4 Å². The maximum absolute atomic E-state index is 2.80. The van der Waals surface area contributed by atoms with E-state index in [0.717, 1.165) is 6.42 Å². The molecule has 2 heterocycles. The zero-order valence-corrected chi connectivity index (χ0v) is 46.3. The number of aryl methyl sites for hydroxylation is 5. The van der Waals surface area contributed by atoms with Gasteiger partial charge in [-0.1, -0.05) is 149 Å². The summed E-state index contributed by atoms with van der Waals surface area (Å²) >= 11 is 0. The lowest BCUT2D eigenvalue weighted by atomic mass is 9.42. The number of hydrogen-bond donors (Lipinski definition) is 0. The van der Waals surface area contributed by atoms with Gasteiger partial charge in [-0.2, -0.15) is 0 Å². The van der Waals surface area contributed by atoms with Gasteiger partial charge in [0.05, 0.1) is 0 Å². The van der Waals surface area contributed by atoms with Crippen molar-refractivity contribution in [3.05, 3.63) is 170 Å². The van der Waals surface area contributed by atoms with Crippen LogP contribution < -0.4 is 20.6 Å².